The topological polar surface area (TPSA) is 95.7 Å². The first-order valence-electron chi connectivity index (χ1n) is 7.09. The number of hydrogen-bond acceptors (Lipinski definition) is 4. The molecular weight excluding hydrogens is 270 g/mol. The minimum atomic E-state index is -1.26. The average Bonchev–Trinajstić information content (AvgIpc) is 2.96. The van der Waals surface area contributed by atoms with Gasteiger partial charge in [0, 0.05) is 25.6 Å². The minimum absolute atomic E-state index is 0.0192. The highest BCUT2D eigenvalue weighted by Gasteiger charge is 2.43. The van der Waals surface area contributed by atoms with Gasteiger partial charge in [-0.1, -0.05) is 30.3 Å². The molecule has 1 aromatic rings. The first kappa shape index (κ1) is 15.5. The number of nitrogens with two attached hydrogens (primary N) is 1. The predicted molar refractivity (Wildman–Crippen MR) is 78.9 cm³/mol. The fraction of sp³-hybridized carbons (Fsp3) is 0.467. The molecule has 6 nitrogen and oxygen atoms in total. The number of nitrogens with one attached hydrogen (secondary N) is 1. The molecule has 6 heteroatoms. The number of carboxylic acid groups (broad SMARTS) is 1. The molecule has 1 aliphatic rings. The van der Waals surface area contributed by atoms with E-state index in [1.807, 2.05) is 35.2 Å². The average molecular weight is 291 g/mol. The Bertz CT molecular complexity index is 494. The third-order valence-electron chi connectivity index (χ3n) is 4.00. The van der Waals surface area contributed by atoms with Crippen LogP contribution in [0, 0.1) is 0 Å². The van der Waals surface area contributed by atoms with Crippen molar-refractivity contribution in [2.24, 2.45) is 5.73 Å². The molecule has 2 rings (SSSR count). The number of hydrogen-bond donors (Lipinski definition) is 3. The Kier molecular flexibility index (Phi) is 4.93. The summed E-state index contributed by atoms with van der Waals surface area (Å²) in [6, 6.07) is 9.41. The van der Waals surface area contributed by atoms with Crippen LogP contribution in [0.5, 0.6) is 0 Å². The zero-order valence-corrected chi connectivity index (χ0v) is 11.9. The third-order valence-corrected chi connectivity index (χ3v) is 4.00. The molecule has 21 heavy (non-hydrogen) atoms. The van der Waals surface area contributed by atoms with E-state index in [4.69, 9.17) is 10.8 Å². The highest BCUT2D eigenvalue weighted by atomic mass is 16.4. The molecule has 4 N–H and O–H groups in total. The van der Waals surface area contributed by atoms with E-state index in [-0.39, 0.29) is 6.04 Å². The molecule has 1 aromatic carbocycles. The highest BCUT2D eigenvalue weighted by molar-refractivity contribution is 5.75. The van der Waals surface area contributed by atoms with Crippen molar-refractivity contribution in [2.75, 3.05) is 13.1 Å². The number of benzene rings is 1. The zero-order valence-electron chi connectivity index (χ0n) is 11.9. The lowest BCUT2D eigenvalue weighted by atomic mass is 9.98. The Morgan fingerprint density at radius 2 is 2.19 bits per heavy atom. The van der Waals surface area contributed by atoms with E-state index >= 15 is 0 Å². The second-order valence-corrected chi connectivity index (χ2v) is 5.36. The van der Waals surface area contributed by atoms with Crippen LogP contribution in [0.4, 0.5) is 4.79 Å². The molecule has 0 spiro atoms. The SMILES string of the molecule is NCC1CCCN1C(C=O)(Cc1ccccc1)NC(=O)O. The van der Waals surface area contributed by atoms with Gasteiger partial charge in [-0.15, -0.1) is 0 Å². The van der Waals surface area contributed by atoms with Gasteiger partial charge < -0.3 is 10.8 Å². The molecule has 0 saturated carbocycles. The van der Waals surface area contributed by atoms with E-state index < -0.39 is 11.8 Å². The summed E-state index contributed by atoms with van der Waals surface area (Å²) in [7, 11) is 0. The Hall–Kier alpha value is -1.92. The van der Waals surface area contributed by atoms with Gasteiger partial charge in [-0.3, -0.25) is 15.0 Å². The molecule has 0 aliphatic carbocycles. The van der Waals surface area contributed by atoms with Gasteiger partial charge in [0.1, 0.15) is 0 Å². The molecule has 114 valence electrons. The van der Waals surface area contributed by atoms with Crippen LogP contribution in [0.25, 0.3) is 0 Å². The number of amides is 1. The van der Waals surface area contributed by atoms with Crippen molar-refractivity contribution in [1.82, 2.24) is 10.2 Å². The number of carbonyl (C=O) groups is 2. The number of aldehydes is 1. The maximum atomic E-state index is 11.8. The molecule has 1 amide bonds. The predicted octanol–water partition coefficient (Wildman–Crippen LogP) is 0.815. The maximum absolute atomic E-state index is 11.8. The molecule has 1 fully saturated rings. The Labute approximate surface area is 123 Å². The Morgan fingerprint density at radius 1 is 1.48 bits per heavy atom. The second-order valence-electron chi connectivity index (χ2n) is 5.36. The molecule has 2 unspecified atom stereocenters. The van der Waals surface area contributed by atoms with Gasteiger partial charge in [0.2, 0.25) is 0 Å². The molecule has 1 saturated heterocycles. The summed E-state index contributed by atoms with van der Waals surface area (Å²) in [5.41, 5.74) is 5.41. The van der Waals surface area contributed by atoms with Gasteiger partial charge in [-0.05, 0) is 18.4 Å². The van der Waals surface area contributed by atoms with Crippen molar-refractivity contribution < 1.29 is 14.7 Å². The summed E-state index contributed by atoms with van der Waals surface area (Å²) < 4.78 is 0. The molecule has 2 atom stereocenters. The number of nitrogens with zero attached hydrogens (tertiary/aromatic N) is 1. The lowest BCUT2D eigenvalue weighted by molar-refractivity contribution is -0.121. The van der Waals surface area contributed by atoms with Gasteiger partial charge in [0.05, 0.1) is 0 Å². The largest absolute Gasteiger partial charge is 0.465 e. The van der Waals surface area contributed by atoms with E-state index in [0.717, 1.165) is 18.4 Å². The summed E-state index contributed by atoms with van der Waals surface area (Å²) >= 11 is 0. The van der Waals surface area contributed by atoms with Crippen LogP contribution in [0.15, 0.2) is 30.3 Å². The van der Waals surface area contributed by atoms with Gasteiger partial charge in [0.15, 0.2) is 11.9 Å². The number of carbonyl (C=O) groups excluding carboxylic acids is 1. The molecule has 1 heterocycles. The summed E-state index contributed by atoms with van der Waals surface area (Å²) in [5, 5.41) is 11.6. The first-order valence-corrected chi connectivity index (χ1v) is 7.09. The van der Waals surface area contributed by atoms with E-state index in [1.54, 1.807) is 0 Å². The van der Waals surface area contributed by atoms with Crippen LogP contribution in [-0.4, -0.2) is 47.2 Å². The summed E-state index contributed by atoms with van der Waals surface area (Å²) in [4.78, 5) is 24.9. The van der Waals surface area contributed by atoms with Crippen molar-refractivity contribution in [3.05, 3.63) is 35.9 Å². The molecule has 0 bridgehead atoms. The van der Waals surface area contributed by atoms with Crippen LogP contribution >= 0.6 is 0 Å². The van der Waals surface area contributed by atoms with E-state index in [2.05, 4.69) is 5.32 Å². The highest BCUT2D eigenvalue weighted by Crippen LogP contribution is 2.27. The molecular formula is C15H21N3O3. The van der Waals surface area contributed by atoms with Crippen LogP contribution in [-0.2, 0) is 11.2 Å². The van der Waals surface area contributed by atoms with Gasteiger partial charge in [-0.25, -0.2) is 4.79 Å². The zero-order chi connectivity index (χ0) is 15.3. The third kappa shape index (κ3) is 3.40. The summed E-state index contributed by atoms with van der Waals surface area (Å²) in [6.07, 6.45) is 1.57. The van der Waals surface area contributed by atoms with Crippen LogP contribution in [0.3, 0.4) is 0 Å². The maximum Gasteiger partial charge on any atom is 0.406 e. The van der Waals surface area contributed by atoms with Crippen LogP contribution < -0.4 is 11.1 Å². The Balaban J connectivity index is 2.33. The van der Waals surface area contributed by atoms with E-state index in [9.17, 15) is 9.59 Å². The second kappa shape index (κ2) is 6.69. The van der Waals surface area contributed by atoms with Crippen molar-refractivity contribution in [3.8, 4) is 0 Å². The normalized spacial score (nSPS) is 21.7. The smallest absolute Gasteiger partial charge is 0.406 e. The Morgan fingerprint density at radius 3 is 2.76 bits per heavy atom. The molecule has 0 radical (unpaired) electrons. The summed E-state index contributed by atoms with van der Waals surface area (Å²) in [5.74, 6) is 0. The lowest BCUT2D eigenvalue weighted by Gasteiger charge is -2.40. The summed E-state index contributed by atoms with van der Waals surface area (Å²) in [6.45, 7) is 1.07. The van der Waals surface area contributed by atoms with Crippen LogP contribution in [0.1, 0.15) is 18.4 Å². The van der Waals surface area contributed by atoms with Crippen molar-refractivity contribution in [2.45, 2.75) is 31.0 Å². The fourth-order valence-corrected chi connectivity index (χ4v) is 3.05. The quantitative estimate of drug-likeness (QED) is 0.674. The number of rotatable bonds is 6. The minimum Gasteiger partial charge on any atom is -0.465 e. The standard InChI is InChI=1S/C15H21N3O3/c16-10-13-7-4-8-18(13)15(11-19,17-14(20)21)9-12-5-2-1-3-6-12/h1-3,5-6,11,13,17H,4,7-10,16H2,(H,20,21). The van der Waals surface area contributed by atoms with Gasteiger partial charge in [0.25, 0.3) is 0 Å². The van der Waals surface area contributed by atoms with Gasteiger partial charge >= 0.3 is 6.09 Å². The lowest BCUT2D eigenvalue weighted by Crippen LogP contribution is -2.65. The van der Waals surface area contributed by atoms with Crippen molar-refractivity contribution >= 4 is 12.4 Å². The van der Waals surface area contributed by atoms with Gasteiger partial charge in [-0.2, -0.15) is 0 Å². The van der Waals surface area contributed by atoms with Crippen molar-refractivity contribution in [3.63, 3.8) is 0 Å². The number of likely N-dealkylation sites (tertiary alicyclic amines) is 1. The van der Waals surface area contributed by atoms with Crippen molar-refractivity contribution in [1.29, 1.82) is 0 Å². The first-order chi connectivity index (χ1) is 10.1. The monoisotopic (exact) mass is 291 g/mol. The molecule has 1 aliphatic heterocycles. The fourth-order valence-electron chi connectivity index (χ4n) is 3.05. The van der Waals surface area contributed by atoms with E-state index in [1.165, 1.54) is 0 Å². The van der Waals surface area contributed by atoms with Crippen LogP contribution in [0.2, 0.25) is 0 Å². The van der Waals surface area contributed by atoms with E-state index in [0.29, 0.717) is 25.8 Å². The molecule has 0 aromatic heterocycles.